The molecule has 13 rings (SSSR count). The van der Waals surface area contributed by atoms with Crippen molar-refractivity contribution in [1.82, 2.24) is 0 Å². The summed E-state index contributed by atoms with van der Waals surface area (Å²) in [5.74, 6) is 0. The number of para-hydroxylation sites is 1. The molecule has 75 heavy (non-hydrogen) atoms. The molecule has 0 amide bonds. The third kappa shape index (κ3) is 8.20. The summed E-state index contributed by atoms with van der Waals surface area (Å²) in [6, 6.07) is 115. The zero-order valence-corrected chi connectivity index (χ0v) is 41.4. The molecule has 354 valence electrons. The monoisotopic (exact) mass is 956 g/mol. The molecule has 0 radical (unpaired) electrons. The number of nitrogens with zero attached hydrogens (tertiary/aromatic N) is 2. The van der Waals surface area contributed by atoms with Crippen molar-refractivity contribution < 1.29 is 0 Å². The van der Waals surface area contributed by atoms with Gasteiger partial charge in [-0.2, -0.15) is 0 Å². The van der Waals surface area contributed by atoms with Gasteiger partial charge in [-0.25, -0.2) is 0 Å². The molecule has 0 saturated carbocycles. The summed E-state index contributed by atoms with van der Waals surface area (Å²) in [5, 5.41) is 0. The van der Waals surface area contributed by atoms with Crippen LogP contribution in [0.1, 0.15) is 22.3 Å². The number of rotatable bonds is 12. The molecule has 0 saturated heterocycles. The molecular formula is C73H52N2. The summed E-state index contributed by atoms with van der Waals surface area (Å²) in [5.41, 5.74) is 22.5. The number of hydrogen-bond acceptors (Lipinski definition) is 2. The van der Waals surface area contributed by atoms with E-state index in [0.717, 1.165) is 45.3 Å². The van der Waals surface area contributed by atoms with Gasteiger partial charge in [-0.1, -0.05) is 255 Å². The maximum Gasteiger partial charge on any atom is 0.0715 e. The molecule has 0 unspecified atom stereocenters. The second-order valence-corrected chi connectivity index (χ2v) is 19.2. The minimum absolute atomic E-state index is 0.693. The Hall–Kier alpha value is -9.76. The van der Waals surface area contributed by atoms with Crippen LogP contribution in [0.2, 0.25) is 0 Å². The van der Waals surface area contributed by atoms with E-state index in [2.05, 4.69) is 325 Å². The Balaban J connectivity index is 1.06. The van der Waals surface area contributed by atoms with E-state index in [1.54, 1.807) is 0 Å². The van der Waals surface area contributed by atoms with Gasteiger partial charge in [0, 0.05) is 33.9 Å². The molecule has 2 nitrogen and oxygen atoms in total. The van der Waals surface area contributed by atoms with E-state index in [1.807, 2.05) is 0 Å². The molecule has 0 aliphatic heterocycles. The van der Waals surface area contributed by atoms with E-state index in [-0.39, 0.29) is 0 Å². The molecule has 0 spiro atoms. The van der Waals surface area contributed by atoms with Crippen molar-refractivity contribution in [3.8, 4) is 55.6 Å². The molecule has 0 heterocycles. The SMILES string of the molecule is c1ccc(-c2ccc(N(c3ccc4c(c3)C(c3ccccc3)(c3ccccc3)c3cccc(N(c5ccc(-c6ccccc6)cc5)c5ccc(-c6ccccc6)cc5)c3-4)c3ccccc3-c3ccccc3)cc2)cc1. The summed E-state index contributed by atoms with van der Waals surface area (Å²) < 4.78 is 0. The second-order valence-electron chi connectivity index (χ2n) is 19.2. The van der Waals surface area contributed by atoms with Crippen molar-refractivity contribution in [1.29, 1.82) is 0 Å². The van der Waals surface area contributed by atoms with Gasteiger partial charge in [0.25, 0.3) is 0 Å². The quantitative estimate of drug-likeness (QED) is 0.120. The van der Waals surface area contributed by atoms with Gasteiger partial charge in [-0.15, -0.1) is 0 Å². The predicted octanol–water partition coefficient (Wildman–Crippen LogP) is 19.7. The first-order chi connectivity index (χ1) is 37.2. The lowest BCUT2D eigenvalue weighted by atomic mass is 9.67. The Morgan fingerprint density at radius 1 is 0.213 bits per heavy atom. The van der Waals surface area contributed by atoms with Gasteiger partial charge in [0.2, 0.25) is 0 Å². The number of hydrogen-bond donors (Lipinski definition) is 0. The summed E-state index contributed by atoms with van der Waals surface area (Å²) in [4.78, 5) is 4.92. The first-order valence-corrected chi connectivity index (χ1v) is 25.8. The fraction of sp³-hybridized carbons (Fsp3) is 0.0137. The van der Waals surface area contributed by atoms with Crippen LogP contribution in [0.4, 0.5) is 34.1 Å². The lowest BCUT2D eigenvalue weighted by Gasteiger charge is -2.35. The van der Waals surface area contributed by atoms with Crippen molar-refractivity contribution in [3.05, 3.63) is 338 Å². The molecule has 0 bridgehead atoms. The molecule has 0 fully saturated rings. The van der Waals surface area contributed by atoms with Crippen molar-refractivity contribution in [3.63, 3.8) is 0 Å². The molecule has 12 aromatic carbocycles. The average molecular weight is 957 g/mol. The van der Waals surface area contributed by atoms with Gasteiger partial charge in [0.1, 0.15) is 0 Å². The molecule has 12 aromatic rings. The molecule has 0 atom stereocenters. The largest absolute Gasteiger partial charge is 0.310 e. The number of benzene rings is 12. The highest BCUT2D eigenvalue weighted by molar-refractivity contribution is 5.99. The lowest BCUT2D eigenvalue weighted by molar-refractivity contribution is 0.768. The summed E-state index contributed by atoms with van der Waals surface area (Å²) in [6.45, 7) is 0. The smallest absolute Gasteiger partial charge is 0.0715 e. The zero-order valence-electron chi connectivity index (χ0n) is 41.4. The maximum absolute atomic E-state index is 2.49. The Bertz CT molecular complexity index is 3760. The van der Waals surface area contributed by atoms with Crippen molar-refractivity contribution in [2.45, 2.75) is 5.41 Å². The van der Waals surface area contributed by atoms with Gasteiger partial charge >= 0.3 is 0 Å². The van der Waals surface area contributed by atoms with Crippen LogP contribution >= 0.6 is 0 Å². The Morgan fingerprint density at radius 2 is 0.560 bits per heavy atom. The third-order valence-corrected chi connectivity index (χ3v) is 15.0. The highest BCUT2D eigenvalue weighted by atomic mass is 15.2. The molecule has 0 aromatic heterocycles. The first kappa shape index (κ1) is 45.1. The maximum atomic E-state index is 2.49. The van der Waals surface area contributed by atoms with Crippen LogP contribution in [0, 0.1) is 0 Å². The normalized spacial score (nSPS) is 12.1. The summed E-state index contributed by atoms with van der Waals surface area (Å²) in [7, 11) is 0. The van der Waals surface area contributed by atoms with Gasteiger partial charge in [0.15, 0.2) is 0 Å². The van der Waals surface area contributed by atoms with Crippen molar-refractivity contribution in [2.24, 2.45) is 0 Å². The standard InChI is InChI=1S/C73H52N2/c1-7-22-53(23-8-1)56-38-44-62(45-39-56)74(63-46-40-57(41-47-63)54-24-9-2-10-25-54)71-37-21-35-68-72(71)67-51-50-65(52-69(67)73(68,60-30-15-5-16-31-60)61-32-17-6-18-33-61)75(64-48-42-58(43-49-64)55-26-11-3-12-27-55)70-36-20-19-34-66(70)59-28-13-4-14-29-59/h1-52H. The zero-order chi connectivity index (χ0) is 50.0. The average Bonchev–Trinajstić information content (AvgIpc) is 3.98. The fourth-order valence-electron chi connectivity index (χ4n) is 11.5. The van der Waals surface area contributed by atoms with Crippen LogP contribution < -0.4 is 9.80 Å². The minimum atomic E-state index is -0.693. The van der Waals surface area contributed by atoms with Crippen LogP contribution in [0.15, 0.2) is 315 Å². The molecule has 1 aliphatic carbocycles. The number of fused-ring (bicyclic) bond motifs is 3. The first-order valence-electron chi connectivity index (χ1n) is 25.8. The summed E-state index contributed by atoms with van der Waals surface area (Å²) >= 11 is 0. The van der Waals surface area contributed by atoms with Crippen molar-refractivity contribution >= 4 is 34.1 Å². The topological polar surface area (TPSA) is 6.48 Å². The van der Waals surface area contributed by atoms with Crippen molar-refractivity contribution in [2.75, 3.05) is 9.80 Å². The molecule has 2 heteroatoms. The minimum Gasteiger partial charge on any atom is -0.310 e. The van der Waals surface area contributed by atoms with Crippen LogP contribution in [0.3, 0.4) is 0 Å². The van der Waals surface area contributed by atoms with E-state index < -0.39 is 5.41 Å². The fourth-order valence-corrected chi connectivity index (χ4v) is 11.5. The Morgan fingerprint density at radius 3 is 1.01 bits per heavy atom. The molecular weight excluding hydrogens is 905 g/mol. The second kappa shape index (κ2) is 19.7. The summed E-state index contributed by atoms with van der Waals surface area (Å²) in [6.07, 6.45) is 0. The van der Waals surface area contributed by atoms with E-state index in [9.17, 15) is 0 Å². The van der Waals surface area contributed by atoms with Gasteiger partial charge in [-0.3, -0.25) is 0 Å². The third-order valence-electron chi connectivity index (χ3n) is 15.0. The van der Waals surface area contributed by atoms with Gasteiger partial charge in [-0.05, 0) is 127 Å². The predicted molar refractivity (Wildman–Crippen MR) is 315 cm³/mol. The van der Waals surface area contributed by atoms with Gasteiger partial charge < -0.3 is 9.80 Å². The van der Waals surface area contributed by atoms with Crippen LogP contribution in [0.25, 0.3) is 55.6 Å². The van der Waals surface area contributed by atoms with Gasteiger partial charge in [0.05, 0.1) is 16.8 Å². The van der Waals surface area contributed by atoms with E-state index in [0.29, 0.717) is 0 Å². The number of anilines is 6. The van der Waals surface area contributed by atoms with Crippen LogP contribution in [-0.4, -0.2) is 0 Å². The lowest BCUT2D eigenvalue weighted by Crippen LogP contribution is -2.29. The van der Waals surface area contributed by atoms with E-state index in [1.165, 1.54) is 66.8 Å². The van der Waals surface area contributed by atoms with Crippen LogP contribution in [0.5, 0.6) is 0 Å². The van der Waals surface area contributed by atoms with E-state index >= 15 is 0 Å². The highest BCUT2D eigenvalue weighted by Crippen LogP contribution is 2.61. The Labute approximate surface area is 440 Å². The van der Waals surface area contributed by atoms with Crippen LogP contribution in [-0.2, 0) is 5.41 Å². The highest BCUT2D eigenvalue weighted by Gasteiger charge is 2.48. The van der Waals surface area contributed by atoms with E-state index in [4.69, 9.17) is 0 Å². The molecule has 0 N–H and O–H groups in total. The molecule has 1 aliphatic rings. The Kier molecular flexibility index (Phi) is 11.8.